The van der Waals surface area contributed by atoms with E-state index in [1.165, 1.54) is 28.1 Å². The van der Waals surface area contributed by atoms with E-state index in [0.717, 1.165) is 0 Å². The standard InChI is InChI=1S/C22H26N8O13P2/c1-8-13-19(25-5-24-8)29(6-26-13)21-16(33)17-11(41-21)4-39-45(36,37)43-18-15(32)10(3-38-44(34,35)42-17)40-22(18)30-7-27-14-9(31)2-12(23)28-20(14)30/h5-7,10-11,15-18,21-22,32-33H,2-4H2,1H3,(H4,23,28,31,34,35,36,37)/p+2/t10-,11-,15-,16-,17?,18-,21-,22-/m1/s1. The normalized spacial score (nSPS) is 39.0. The van der Waals surface area contributed by atoms with Gasteiger partial charge in [0.2, 0.25) is 23.9 Å². The van der Waals surface area contributed by atoms with E-state index in [-0.39, 0.29) is 29.6 Å². The largest absolute Gasteiger partial charge is 0.472 e. The fourth-order valence-corrected chi connectivity index (χ4v) is 7.55. The number of aliphatic imine (C=N–C) groups is 1. The molecular formula is C22H28N8O13P2+2. The molecule has 4 aliphatic rings. The zero-order valence-corrected chi connectivity index (χ0v) is 24.9. The summed E-state index contributed by atoms with van der Waals surface area (Å²) >= 11 is 0. The van der Waals surface area contributed by atoms with Crippen molar-refractivity contribution >= 4 is 44.2 Å². The highest BCUT2D eigenvalue weighted by Crippen LogP contribution is 2.53. The van der Waals surface area contributed by atoms with Crippen LogP contribution in [0.1, 0.15) is 35.1 Å². The number of aryl methyl sites for hydroxylation is 1. The number of aromatic nitrogens is 6. The molecule has 0 radical (unpaired) electrons. The number of hydrogen-bond acceptors (Lipinski definition) is 15. The molecule has 242 valence electrons. The number of carbonyl (C=O) groups excluding carboxylic acids is 1. The molecule has 21 nitrogen and oxygen atoms in total. The first-order valence-corrected chi connectivity index (χ1v) is 16.5. The second-order valence-electron chi connectivity index (χ2n) is 10.7. The predicted molar refractivity (Wildman–Crippen MR) is 141 cm³/mol. The van der Waals surface area contributed by atoms with E-state index in [4.69, 9.17) is 33.3 Å². The molecule has 3 aromatic rings. The molecule has 7 heterocycles. The van der Waals surface area contributed by atoms with Crippen LogP contribution < -0.4 is 14.9 Å². The van der Waals surface area contributed by atoms with E-state index in [1.807, 2.05) is 0 Å². The summed E-state index contributed by atoms with van der Waals surface area (Å²) in [4.78, 5) is 51.9. The van der Waals surface area contributed by atoms with Crippen molar-refractivity contribution in [2.75, 3.05) is 13.2 Å². The monoisotopic (exact) mass is 674 g/mol. The minimum absolute atomic E-state index is 0.000407. The number of phosphoric acid groups is 2. The number of hydrogen-bond donors (Lipinski definition) is 7. The number of aliphatic hydroxyl groups excluding tert-OH is 2. The molecule has 0 saturated carbocycles. The van der Waals surface area contributed by atoms with Gasteiger partial charge in [-0.1, -0.05) is 9.98 Å². The predicted octanol–water partition coefficient (Wildman–Crippen LogP) is -2.02. The van der Waals surface area contributed by atoms with Gasteiger partial charge in [0, 0.05) is 0 Å². The van der Waals surface area contributed by atoms with Gasteiger partial charge in [-0.3, -0.25) is 32.9 Å². The van der Waals surface area contributed by atoms with Gasteiger partial charge in [-0.15, -0.1) is 0 Å². The number of fused-ring (bicyclic) bond motifs is 5. The smallest absolute Gasteiger partial charge is 0.387 e. The van der Waals surface area contributed by atoms with Crippen molar-refractivity contribution in [3.63, 3.8) is 0 Å². The fourth-order valence-electron chi connectivity index (χ4n) is 5.66. The van der Waals surface area contributed by atoms with Crippen molar-refractivity contribution in [1.82, 2.24) is 19.9 Å². The van der Waals surface area contributed by atoms with Gasteiger partial charge >= 0.3 is 27.1 Å². The molecule has 7 rings (SSSR count). The van der Waals surface area contributed by atoms with Gasteiger partial charge in [0.25, 0.3) is 0 Å². The number of aromatic amines is 2. The Morgan fingerprint density at radius 2 is 1.60 bits per heavy atom. The third-order valence-corrected chi connectivity index (χ3v) is 9.75. The third kappa shape index (κ3) is 5.43. The lowest BCUT2D eigenvalue weighted by Gasteiger charge is -2.24. The van der Waals surface area contributed by atoms with Gasteiger partial charge in [0.05, 0.1) is 25.3 Å². The average Bonchev–Trinajstić information content (AvgIpc) is 3.72. The van der Waals surface area contributed by atoms with Crippen LogP contribution in [-0.2, 0) is 36.7 Å². The molecule has 8 N–H and O–H groups in total. The maximum absolute atomic E-state index is 13.2. The maximum atomic E-state index is 13.2. The first kappa shape index (κ1) is 30.6. The van der Waals surface area contributed by atoms with E-state index in [2.05, 4.69) is 24.9 Å². The number of Topliss-reactive ketones (excluding diaryl/α,β-unsaturated/α-hetero) is 1. The van der Waals surface area contributed by atoms with Crippen LogP contribution in [0.25, 0.3) is 11.2 Å². The number of nitrogens with two attached hydrogens (primary N) is 1. The molecular weight excluding hydrogens is 646 g/mol. The van der Waals surface area contributed by atoms with Crippen molar-refractivity contribution in [3.8, 4) is 0 Å². The van der Waals surface area contributed by atoms with Gasteiger partial charge in [-0.2, -0.15) is 0 Å². The first-order chi connectivity index (χ1) is 21.3. The molecule has 0 amide bonds. The number of carbonyl (C=O) groups is 1. The Bertz CT molecular complexity index is 1800. The third-order valence-electron chi connectivity index (χ3n) is 7.78. The number of imidazole rings is 2. The maximum Gasteiger partial charge on any atom is 0.472 e. The number of H-pyrrole nitrogens is 2. The molecule has 3 fully saturated rings. The molecule has 23 heteroatoms. The van der Waals surface area contributed by atoms with E-state index >= 15 is 0 Å². The summed E-state index contributed by atoms with van der Waals surface area (Å²) in [5.41, 5.74) is 7.30. The number of nitrogens with zero attached hydrogens (tertiary/aromatic N) is 5. The average molecular weight is 674 g/mol. The van der Waals surface area contributed by atoms with E-state index in [9.17, 15) is 33.9 Å². The van der Waals surface area contributed by atoms with Gasteiger partial charge in [0.15, 0.2) is 36.4 Å². The highest BCUT2D eigenvalue weighted by molar-refractivity contribution is 7.47. The number of aliphatic hydroxyl groups is 2. The summed E-state index contributed by atoms with van der Waals surface area (Å²) in [6.45, 7) is 0.165. The number of phosphoric ester groups is 2. The van der Waals surface area contributed by atoms with Gasteiger partial charge in [-0.05, 0) is 6.92 Å². The van der Waals surface area contributed by atoms with Crippen molar-refractivity contribution < 1.29 is 70.6 Å². The van der Waals surface area contributed by atoms with Gasteiger partial charge < -0.3 is 35.2 Å². The van der Waals surface area contributed by atoms with Crippen molar-refractivity contribution in [2.45, 2.75) is 62.4 Å². The van der Waals surface area contributed by atoms with Gasteiger partial charge in [-0.25, -0.2) is 23.2 Å². The van der Waals surface area contributed by atoms with Crippen LogP contribution >= 0.6 is 15.6 Å². The van der Waals surface area contributed by atoms with Crippen LogP contribution in [0.3, 0.4) is 0 Å². The lowest BCUT2D eigenvalue weighted by molar-refractivity contribution is -0.753. The summed E-state index contributed by atoms with van der Waals surface area (Å²) in [5, 5.41) is 22.2. The second-order valence-corrected chi connectivity index (χ2v) is 13.5. The minimum Gasteiger partial charge on any atom is -0.387 e. The molecule has 0 aromatic carbocycles. The Morgan fingerprint density at radius 3 is 2.36 bits per heavy atom. The van der Waals surface area contributed by atoms with E-state index in [1.54, 1.807) is 6.92 Å². The summed E-state index contributed by atoms with van der Waals surface area (Å²) < 4.78 is 61.7. The number of rotatable bonds is 2. The first-order valence-electron chi connectivity index (χ1n) is 13.5. The molecule has 4 aliphatic heterocycles. The quantitative estimate of drug-likeness (QED) is 0.114. The Hall–Kier alpha value is -3.04. The molecule has 3 unspecified atom stereocenters. The van der Waals surface area contributed by atoms with E-state index < -0.39 is 77.9 Å². The number of amidine groups is 1. The molecule has 45 heavy (non-hydrogen) atoms. The Kier molecular flexibility index (Phi) is 7.51. The van der Waals surface area contributed by atoms with Crippen LogP contribution in [-0.4, -0.2) is 101 Å². The minimum atomic E-state index is -5.07. The lowest BCUT2D eigenvalue weighted by atomic mass is 10.1. The Labute approximate surface area is 251 Å². The number of ether oxygens (including phenoxy) is 2. The molecule has 3 saturated heterocycles. The van der Waals surface area contributed by atoms with Crippen molar-refractivity contribution in [1.29, 1.82) is 0 Å². The molecule has 0 spiro atoms. The van der Waals surface area contributed by atoms with Crippen molar-refractivity contribution in [3.05, 3.63) is 30.4 Å². The van der Waals surface area contributed by atoms with Crippen LogP contribution in [0.5, 0.6) is 0 Å². The summed E-state index contributed by atoms with van der Waals surface area (Å²) in [6.07, 6.45) is -8.32. The second kappa shape index (κ2) is 11.0. The highest BCUT2D eigenvalue weighted by Gasteiger charge is 2.56. The summed E-state index contributed by atoms with van der Waals surface area (Å²) in [5.74, 6) is -0.392. The lowest BCUT2D eigenvalue weighted by Crippen LogP contribution is -2.46. The van der Waals surface area contributed by atoms with E-state index in [0.29, 0.717) is 16.9 Å². The summed E-state index contributed by atoms with van der Waals surface area (Å²) in [7, 11) is -10.1. The number of nitrogens with one attached hydrogen (secondary N) is 2. The molecule has 2 bridgehead atoms. The number of ketones is 1. The van der Waals surface area contributed by atoms with Crippen molar-refractivity contribution in [2.24, 2.45) is 10.7 Å². The fraction of sp³-hybridized carbons (Fsp3) is 0.545. The van der Waals surface area contributed by atoms with Crippen LogP contribution in [0.4, 0.5) is 5.82 Å². The Morgan fingerprint density at radius 1 is 0.933 bits per heavy atom. The zero-order chi connectivity index (χ0) is 31.8. The molecule has 3 aromatic heterocycles. The van der Waals surface area contributed by atoms with Crippen LogP contribution in [0.15, 0.2) is 24.0 Å². The molecule has 10 atom stereocenters. The van der Waals surface area contributed by atoms with Crippen LogP contribution in [0, 0.1) is 6.92 Å². The summed E-state index contributed by atoms with van der Waals surface area (Å²) in [6, 6.07) is 0. The topological polar surface area (TPSA) is 291 Å². The highest BCUT2D eigenvalue weighted by atomic mass is 31.2. The zero-order valence-electron chi connectivity index (χ0n) is 23.1. The SMILES string of the molecule is Cc1ncnc2c1[nH]c[n+]2[C@@H]1O[C@@H]2COP(=O)(O)O[C@@H]3[C@H](O)[C@@H](COP(=O)(O)OC2[C@H]1O)O[C@H]3[n+]1c[nH]c2c1N=C(N)CC2=O. The Balaban J connectivity index is 1.19. The molecule has 0 aliphatic carbocycles. The van der Waals surface area contributed by atoms with Gasteiger partial charge in [0.1, 0.15) is 30.5 Å². The van der Waals surface area contributed by atoms with Crippen LogP contribution in [0.2, 0.25) is 0 Å².